The lowest BCUT2D eigenvalue weighted by Gasteiger charge is -2.20. The fraction of sp³-hybridized carbons (Fsp3) is 0.429. The quantitative estimate of drug-likeness (QED) is 0.739. The highest BCUT2D eigenvalue weighted by Gasteiger charge is 2.10. The number of rotatable bonds is 5. The van der Waals surface area contributed by atoms with Crippen LogP contribution in [-0.2, 0) is 6.54 Å². The first-order chi connectivity index (χ1) is 8.20. The molecule has 1 atom stereocenters. The van der Waals surface area contributed by atoms with Crippen molar-refractivity contribution >= 4 is 10.9 Å². The standard InChI is InChI=1S/C14H21N3/c1-10(2)14(8-15)17-9-11-3-4-12-5-6-16-13(12)7-11/h3-7,10,14,16-17H,8-9,15H2,1-2H3. The Kier molecular flexibility index (Phi) is 3.82. The molecule has 3 heteroatoms. The van der Waals surface area contributed by atoms with Crippen molar-refractivity contribution in [3.63, 3.8) is 0 Å². The second-order valence-electron chi connectivity index (χ2n) is 4.87. The third-order valence-electron chi connectivity index (χ3n) is 3.25. The summed E-state index contributed by atoms with van der Waals surface area (Å²) in [5, 5.41) is 4.76. The number of H-pyrrole nitrogens is 1. The zero-order valence-electron chi connectivity index (χ0n) is 10.5. The van der Waals surface area contributed by atoms with E-state index in [1.165, 1.54) is 16.5 Å². The van der Waals surface area contributed by atoms with E-state index in [2.05, 4.69) is 48.4 Å². The topological polar surface area (TPSA) is 53.8 Å². The van der Waals surface area contributed by atoms with Crippen molar-refractivity contribution in [3.8, 4) is 0 Å². The lowest BCUT2D eigenvalue weighted by atomic mass is 10.0. The van der Waals surface area contributed by atoms with Crippen LogP contribution in [0, 0.1) is 5.92 Å². The Balaban J connectivity index is 2.02. The minimum atomic E-state index is 0.384. The van der Waals surface area contributed by atoms with Crippen LogP contribution >= 0.6 is 0 Å². The Labute approximate surface area is 102 Å². The normalized spacial score (nSPS) is 13.4. The molecule has 0 fully saturated rings. The summed E-state index contributed by atoms with van der Waals surface area (Å²) in [5.74, 6) is 0.564. The van der Waals surface area contributed by atoms with Crippen molar-refractivity contribution in [2.75, 3.05) is 6.54 Å². The van der Waals surface area contributed by atoms with Crippen LogP contribution in [0.15, 0.2) is 30.5 Å². The van der Waals surface area contributed by atoms with E-state index < -0.39 is 0 Å². The molecule has 1 aromatic heterocycles. The van der Waals surface area contributed by atoms with Crippen molar-refractivity contribution < 1.29 is 0 Å². The fourth-order valence-electron chi connectivity index (χ4n) is 2.05. The highest BCUT2D eigenvalue weighted by atomic mass is 14.9. The van der Waals surface area contributed by atoms with E-state index in [0.717, 1.165) is 6.54 Å². The molecular formula is C14H21N3. The summed E-state index contributed by atoms with van der Waals surface area (Å²) in [5.41, 5.74) is 8.23. The van der Waals surface area contributed by atoms with Crippen LogP contribution in [0.3, 0.4) is 0 Å². The van der Waals surface area contributed by atoms with E-state index in [4.69, 9.17) is 5.73 Å². The van der Waals surface area contributed by atoms with Crippen LogP contribution < -0.4 is 11.1 Å². The molecule has 17 heavy (non-hydrogen) atoms. The first-order valence-electron chi connectivity index (χ1n) is 6.20. The van der Waals surface area contributed by atoms with Crippen molar-refractivity contribution in [1.82, 2.24) is 10.3 Å². The Hall–Kier alpha value is -1.32. The van der Waals surface area contributed by atoms with Gasteiger partial charge < -0.3 is 16.0 Å². The van der Waals surface area contributed by atoms with Crippen LogP contribution in [0.2, 0.25) is 0 Å². The highest BCUT2D eigenvalue weighted by Crippen LogP contribution is 2.14. The number of fused-ring (bicyclic) bond motifs is 1. The maximum absolute atomic E-state index is 5.74. The van der Waals surface area contributed by atoms with Crippen LogP contribution in [0.1, 0.15) is 19.4 Å². The number of hydrogen-bond acceptors (Lipinski definition) is 2. The molecule has 2 aromatic rings. The lowest BCUT2D eigenvalue weighted by Crippen LogP contribution is -2.39. The van der Waals surface area contributed by atoms with Crippen LogP contribution in [0.25, 0.3) is 10.9 Å². The van der Waals surface area contributed by atoms with E-state index in [1.54, 1.807) is 0 Å². The van der Waals surface area contributed by atoms with Gasteiger partial charge in [0.25, 0.3) is 0 Å². The van der Waals surface area contributed by atoms with Gasteiger partial charge in [-0.2, -0.15) is 0 Å². The maximum atomic E-state index is 5.74. The Bertz CT molecular complexity index is 473. The molecule has 0 radical (unpaired) electrons. The molecule has 1 heterocycles. The van der Waals surface area contributed by atoms with E-state index in [9.17, 15) is 0 Å². The van der Waals surface area contributed by atoms with Gasteiger partial charge in [0.05, 0.1) is 0 Å². The Morgan fingerprint density at radius 3 is 2.82 bits per heavy atom. The fourth-order valence-corrected chi connectivity index (χ4v) is 2.05. The van der Waals surface area contributed by atoms with Gasteiger partial charge in [0, 0.05) is 30.8 Å². The molecule has 0 spiro atoms. The predicted octanol–water partition coefficient (Wildman–Crippen LogP) is 2.24. The van der Waals surface area contributed by atoms with Crippen LogP contribution in [0.5, 0.6) is 0 Å². The first-order valence-corrected chi connectivity index (χ1v) is 6.20. The molecule has 0 aliphatic rings. The Morgan fingerprint density at radius 2 is 2.12 bits per heavy atom. The zero-order valence-corrected chi connectivity index (χ0v) is 10.5. The Morgan fingerprint density at radius 1 is 1.29 bits per heavy atom. The van der Waals surface area contributed by atoms with E-state index in [-0.39, 0.29) is 0 Å². The summed E-state index contributed by atoms with van der Waals surface area (Å²) in [6.07, 6.45) is 1.97. The first kappa shape index (κ1) is 12.1. The molecule has 0 amide bonds. The van der Waals surface area contributed by atoms with Crippen LogP contribution in [0.4, 0.5) is 0 Å². The highest BCUT2D eigenvalue weighted by molar-refractivity contribution is 5.79. The average molecular weight is 231 g/mol. The summed E-state index contributed by atoms with van der Waals surface area (Å²) in [6.45, 7) is 5.94. The van der Waals surface area contributed by atoms with Gasteiger partial charge in [0.1, 0.15) is 0 Å². The minimum absolute atomic E-state index is 0.384. The van der Waals surface area contributed by atoms with E-state index >= 15 is 0 Å². The maximum Gasteiger partial charge on any atom is 0.0457 e. The summed E-state index contributed by atoms with van der Waals surface area (Å²) >= 11 is 0. The van der Waals surface area contributed by atoms with Gasteiger partial charge in [-0.1, -0.05) is 26.0 Å². The van der Waals surface area contributed by atoms with Crippen LogP contribution in [-0.4, -0.2) is 17.6 Å². The summed E-state index contributed by atoms with van der Waals surface area (Å²) in [6, 6.07) is 8.97. The van der Waals surface area contributed by atoms with E-state index in [0.29, 0.717) is 18.5 Å². The van der Waals surface area contributed by atoms with Gasteiger partial charge in [0.15, 0.2) is 0 Å². The number of hydrogen-bond donors (Lipinski definition) is 3. The molecule has 0 saturated carbocycles. The number of nitrogens with one attached hydrogen (secondary N) is 2. The monoisotopic (exact) mass is 231 g/mol. The summed E-state index contributed by atoms with van der Waals surface area (Å²) in [4.78, 5) is 3.23. The molecule has 92 valence electrons. The van der Waals surface area contributed by atoms with Gasteiger partial charge in [-0.25, -0.2) is 0 Å². The molecule has 0 saturated heterocycles. The third kappa shape index (κ3) is 2.87. The molecular weight excluding hydrogens is 210 g/mol. The van der Waals surface area contributed by atoms with Gasteiger partial charge in [0.2, 0.25) is 0 Å². The molecule has 4 N–H and O–H groups in total. The SMILES string of the molecule is CC(C)C(CN)NCc1ccc2cc[nH]c2c1. The second kappa shape index (κ2) is 5.34. The molecule has 1 unspecified atom stereocenters. The number of benzene rings is 1. The summed E-state index contributed by atoms with van der Waals surface area (Å²) < 4.78 is 0. The molecule has 0 bridgehead atoms. The predicted molar refractivity (Wildman–Crippen MR) is 72.8 cm³/mol. The zero-order chi connectivity index (χ0) is 12.3. The van der Waals surface area contributed by atoms with Gasteiger partial charge in [-0.05, 0) is 29.0 Å². The van der Waals surface area contributed by atoms with Crippen molar-refractivity contribution in [3.05, 3.63) is 36.0 Å². The molecule has 0 aliphatic carbocycles. The largest absolute Gasteiger partial charge is 0.361 e. The molecule has 3 nitrogen and oxygen atoms in total. The van der Waals surface area contributed by atoms with E-state index in [1.807, 2.05) is 6.20 Å². The third-order valence-corrected chi connectivity index (χ3v) is 3.25. The minimum Gasteiger partial charge on any atom is -0.361 e. The lowest BCUT2D eigenvalue weighted by molar-refractivity contribution is 0.405. The van der Waals surface area contributed by atoms with Crippen molar-refractivity contribution in [1.29, 1.82) is 0 Å². The summed E-state index contributed by atoms with van der Waals surface area (Å²) in [7, 11) is 0. The molecule has 0 aliphatic heterocycles. The molecule has 2 rings (SSSR count). The average Bonchev–Trinajstić information content (AvgIpc) is 2.76. The molecule has 1 aromatic carbocycles. The van der Waals surface area contributed by atoms with Crippen molar-refractivity contribution in [2.45, 2.75) is 26.4 Å². The number of nitrogens with two attached hydrogens (primary N) is 1. The number of aromatic nitrogens is 1. The number of aromatic amines is 1. The van der Waals surface area contributed by atoms with Gasteiger partial charge >= 0.3 is 0 Å². The van der Waals surface area contributed by atoms with Crippen molar-refractivity contribution in [2.24, 2.45) is 11.7 Å². The van der Waals surface area contributed by atoms with Gasteiger partial charge in [-0.15, -0.1) is 0 Å². The van der Waals surface area contributed by atoms with Gasteiger partial charge in [-0.3, -0.25) is 0 Å². The smallest absolute Gasteiger partial charge is 0.0457 e. The second-order valence-corrected chi connectivity index (χ2v) is 4.87.